The fourth-order valence-electron chi connectivity index (χ4n) is 4.22. The minimum atomic E-state index is -0.923. The van der Waals surface area contributed by atoms with E-state index in [2.05, 4.69) is 9.97 Å². The predicted molar refractivity (Wildman–Crippen MR) is 131 cm³/mol. The molecule has 1 unspecified atom stereocenters. The Labute approximate surface area is 208 Å². The van der Waals surface area contributed by atoms with E-state index in [1.807, 2.05) is 0 Å². The Hall–Kier alpha value is -3.95. The highest BCUT2D eigenvalue weighted by Crippen LogP contribution is 2.45. The molecule has 0 bridgehead atoms. The zero-order chi connectivity index (χ0) is 24.1. The maximum absolute atomic E-state index is 13.3. The number of aliphatic hydroxyl groups is 1. The molecular formula is C25H16ClN3O5S. The van der Waals surface area contributed by atoms with E-state index in [1.165, 1.54) is 16.2 Å². The quantitative estimate of drug-likeness (QED) is 0.244. The number of hydrogen-bond acceptors (Lipinski definition) is 8. The Morgan fingerprint density at radius 2 is 1.91 bits per heavy atom. The van der Waals surface area contributed by atoms with Gasteiger partial charge in [0.05, 0.1) is 21.8 Å². The molecule has 2 aromatic heterocycles. The lowest BCUT2D eigenvalue weighted by molar-refractivity contribution is -0.132. The lowest BCUT2D eigenvalue weighted by Gasteiger charge is -2.23. The molecule has 6 rings (SSSR count). The second kappa shape index (κ2) is 8.37. The van der Waals surface area contributed by atoms with Crippen LogP contribution in [0, 0.1) is 0 Å². The molecule has 8 nitrogen and oxygen atoms in total. The third-order valence-electron chi connectivity index (χ3n) is 5.81. The van der Waals surface area contributed by atoms with Crippen molar-refractivity contribution in [3.05, 3.63) is 82.6 Å². The monoisotopic (exact) mass is 505 g/mol. The van der Waals surface area contributed by atoms with Crippen LogP contribution in [-0.2, 0) is 9.59 Å². The van der Waals surface area contributed by atoms with Gasteiger partial charge in [-0.25, -0.2) is 4.98 Å². The van der Waals surface area contributed by atoms with E-state index < -0.39 is 17.7 Å². The smallest absolute Gasteiger partial charge is 0.301 e. The summed E-state index contributed by atoms with van der Waals surface area (Å²) in [5.41, 5.74) is 1.48. The summed E-state index contributed by atoms with van der Waals surface area (Å²) < 4.78 is 11.9. The zero-order valence-electron chi connectivity index (χ0n) is 18.0. The Kier molecular flexibility index (Phi) is 5.16. The van der Waals surface area contributed by atoms with Crippen molar-refractivity contribution >= 4 is 55.7 Å². The summed E-state index contributed by atoms with van der Waals surface area (Å²) in [6, 6.07) is 12.6. The van der Waals surface area contributed by atoms with Crippen LogP contribution in [0.15, 0.2) is 66.5 Å². The Balaban J connectivity index is 1.53. The van der Waals surface area contributed by atoms with Gasteiger partial charge >= 0.3 is 5.91 Å². The third kappa shape index (κ3) is 3.60. The van der Waals surface area contributed by atoms with Gasteiger partial charge in [-0.15, -0.1) is 0 Å². The van der Waals surface area contributed by atoms with Gasteiger partial charge in [0.15, 0.2) is 16.6 Å². The number of halogens is 1. The normalized spacial score (nSPS) is 18.9. The van der Waals surface area contributed by atoms with E-state index in [1.54, 1.807) is 60.9 Å². The molecule has 174 valence electrons. The number of pyridine rings is 1. The van der Waals surface area contributed by atoms with Crippen molar-refractivity contribution in [3.63, 3.8) is 0 Å². The van der Waals surface area contributed by atoms with Crippen LogP contribution < -0.4 is 14.4 Å². The van der Waals surface area contributed by atoms with Crippen LogP contribution in [0.3, 0.4) is 0 Å². The van der Waals surface area contributed by atoms with Crippen LogP contribution in [0.1, 0.15) is 17.2 Å². The number of amides is 1. The SMILES string of the molecule is O=C1C(=O)N(c2nc3ccc(Cl)cc3s2)C(c2cccnc2)C1=C(O)c1ccc2c(c1)OCCO2. The average molecular weight is 506 g/mol. The number of thiazole rings is 1. The second-order valence-electron chi connectivity index (χ2n) is 7.92. The van der Waals surface area contributed by atoms with Crippen LogP contribution in [0.4, 0.5) is 5.13 Å². The van der Waals surface area contributed by atoms with Gasteiger partial charge in [-0.3, -0.25) is 19.5 Å². The summed E-state index contributed by atoms with van der Waals surface area (Å²) in [4.78, 5) is 36.7. The number of aromatic nitrogens is 2. The summed E-state index contributed by atoms with van der Waals surface area (Å²) in [7, 11) is 0. The molecule has 1 amide bonds. The van der Waals surface area contributed by atoms with Crippen LogP contribution in [-0.4, -0.2) is 40.0 Å². The van der Waals surface area contributed by atoms with Crippen molar-refractivity contribution in [1.82, 2.24) is 9.97 Å². The zero-order valence-corrected chi connectivity index (χ0v) is 19.5. The highest BCUT2D eigenvalue weighted by atomic mass is 35.5. The molecule has 0 radical (unpaired) electrons. The minimum absolute atomic E-state index is 0.0584. The van der Waals surface area contributed by atoms with Gasteiger partial charge in [0.1, 0.15) is 19.0 Å². The summed E-state index contributed by atoms with van der Waals surface area (Å²) >= 11 is 7.36. The number of rotatable bonds is 3. The van der Waals surface area contributed by atoms with Crippen molar-refractivity contribution in [2.45, 2.75) is 6.04 Å². The molecule has 2 aliphatic rings. The van der Waals surface area contributed by atoms with Crippen LogP contribution in [0.2, 0.25) is 5.02 Å². The van der Waals surface area contributed by atoms with Gasteiger partial charge in [0, 0.05) is 23.0 Å². The van der Waals surface area contributed by atoms with Crippen molar-refractivity contribution in [1.29, 1.82) is 0 Å². The van der Waals surface area contributed by atoms with E-state index >= 15 is 0 Å². The predicted octanol–water partition coefficient (Wildman–Crippen LogP) is 4.74. The lowest BCUT2D eigenvalue weighted by atomic mass is 9.96. The number of ketones is 1. The van der Waals surface area contributed by atoms with E-state index in [0.717, 1.165) is 4.70 Å². The Bertz CT molecular complexity index is 1530. The first-order valence-electron chi connectivity index (χ1n) is 10.7. The van der Waals surface area contributed by atoms with Gasteiger partial charge in [-0.2, -0.15) is 0 Å². The summed E-state index contributed by atoms with van der Waals surface area (Å²) in [6.45, 7) is 0.802. The summed E-state index contributed by atoms with van der Waals surface area (Å²) in [5, 5.41) is 12.2. The maximum atomic E-state index is 13.3. The number of carbonyl (C=O) groups is 2. The lowest BCUT2D eigenvalue weighted by Crippen LogP contribution is -2.29. The molecule has 4 aromatic rings. The first-order chi connectivity index (χ1) is 17.0. The largest absolute Gasteiger partial charge is 0.507 e. The minimum Gasteiger partial charge on any atom is -0.507 e. The van der Waals surface area contributed by atoms with Crippen molar-refractivity contribution in [2.24, 2.45) is 0 Å². The van der Waals surface area contributed by atoms with Crippen LogP contribution >= 0.6 is 22.9 Å². The van der Waals surface area contributed by atoms with Gasteiger partial charge in [-0.1, -0.05) is 29.0 Å². The van der Waals surface area contributed by atoms with Crippen molar-refractivity contribution in [3.8, 4) is 11.5 Å². The number of Topliss-reactive ketones (excluding diaryl/α,β-unsaturated/α-hetero) is 1. The second-order valence-corrected chi connectivity index (χ2v) is 9.37. The molecule has 0 saturated carbocycles. The number of nitrogens with zero attached hydrogens (tertiary/aromatic N) is 3. The first kappa shape index (κ1) is 21.6. The van der Waals surface area contributed by atoms with Gasteiger partial charge < -0.3 is 14.6 Å². The molecule has 35 heavy (non-hydrogen) atoms. The number of anilines is 1. The fraction of sp³-hybridized carbons (Fsp3) is 0.120. The highest BCUT2D eigenvalue weighted by Gasteiger charge is 2.48. The van der Waals surface area contributed by atoms with E-state index in [-0.39, 0.29) is 11.3 Å². The van der Waals surface area contributed by atoms with Gasteiger partial charge in [0.2, 0.25) is 0 Å². The van der Waals surface area contributed by atoms with Crippen LogP contribution in [0.5, 0.6) is 11.5 Å². The maximum Gasteiger partial charge on any atom is 0.301 e. The molecule has 10 heteroatoms. The standard InChI is InChI=1S/C25H16ClN3O5S/c26-15-4-5-16-19(11-15)35-25(28-16)29-21(14-2-1-7-27-12-14)20(23(31)24(29)32)22(30)13-3-6-17-18(10-13)34-9-8-33-17/h1-7,10-12,21,30H,8-9H2. The number of benzene rings is 2. The highest BCUT2D eigenvalue weighted by molar-refractivity contribution is 7.22. The molecule has 4 heterocycles. The Morgan fingerprint density at radius 3 is 2.71 bits per heavy atom. The molecule has 1 N–H and O–H groups in total. The number of aliphatic hydroxyl groups excluding tert-OH is 1. The third-order valence-corrected chi connectivity index (χ3v) is 7.06. The molecule has 0 aliphatic carbocycles. The topological polar surface area (TPSA) is 102 Å². The summed E-state index contributed by atoms with van der Waals surface area (Å²) in [6.07, 6.45) is 3.15. The molecule has 0 spiro atoms. The molecule has 1 fully saturated rings. The number of fused-ring (bicyclic) bond motifs is 2. The van der Waals surface area contributed by atoms with Crippen molar-refractivity contribution in [2.75, 3.05) is 18.1 Å². The molecule has 2 aromatic carbocycles. The average Bonchev–Trinajstić information content (AvgIpc) is 3.41. The molecular weight excluding hydrogens is 490 g/mol. The van der Waals surface area contributed by atoms with Crippen molar-refractivity contribution < 1.29 is 24.2 Å². The Morgan fingerprint density at radius 1 is 1.09 bits per heavy atom. The van der Waals surface area contributed by atoms with Gasteiger partial charge in [0.25, 0.3) is 5.78 Å². The molecule has 1 saturated heterocycles. The number of hydrogen-bond donors (Lipinski definition) is 1. The molecule has 2 aliphatic heterocycles. The van der Waals surface area contributed by atoms with E-state index in [9.17, 15) is 14.7 Å². The van der Waals surface area contributed by atoms with E-state index in [4.69, 9.17) is 21.1 Å². The number of ether oxygens (including phenoxy) is 2. The first-order valence-corrected chi connectivity index (χ1v) is 11.9. The van der Waals surface area contributed by atoms with Gasteiger partial charge in [-0.05, 0) is 48.0 Å². The summed E-state index contributed by atoms with van der Waals surface area (Å²) in [5.74, 6) is -0.923. The van der Waals surface area contributed by atoms with Crippen LogP contribution in [0.25, 0.3) is 16.0 Å². The van der Waals surface area contributed by atoms with E-state index in [0.29, 0.717) is 51.5 Å². The fourth-order valence-corrected chi connectivity index (χ4v) is 5.49. The number of carbonyl (C=O) groups excluding carboxylic acids is 2. The molecule has 1 atom stereocenters.